The zero-order chi connectivity index (χ0) is 23.1. The second-order valence-corrected chi connectivity index (χ2v) is 8.56. The van der Waals surface area contributed by atoms with Gasteiger partial charge in [-0.25, -0.2) is 4.98 Å². The number of aromatic nitrogens is 1. The lowest BCUT2D eigenvalue weighted by atomic mass is 10.1. The van der Waals surface area contributed by atoms with Gasteiger partial charge in [0.2, 0.25) is 5.91 Å². The number of ether oxygens (including phenoxy) is 2. The number of aryl methyl sites for hydroxylation is 1. The summed E-state index contributed by atoms with van der Waals surface area (Å²) in [6.07, 6.45) is 0.316. The number of hydrogen-bond acceptors (Lipinski definition) is 6. The number of rotatable bonds is 11. The van der Waals surface area contributed by atoms with Crippen LogP contribution in [0.2, 0.25) is 0 Å². The molecule has 0 aliphatic carbocycles. The maximum absolute atomic E-state index is 13.4. The molecule has 0 bridgehead atoms. The van der Waals surface area contributed by atoms with Crippen molar-refractivity contribution in [1.29, 1.82) is 0 Å². The number of hydrogen-bond donors (Lipinski definition) is 0. The van der Waals surface area contributed by atoms with Crippen molar-refractivity contribution in [2.45, 2.75) is 34.1 Å². The standard InChI is InChI=1S/C25H33N3O3S.ClH/c1-6-27(7-2)15-16-28(22(29)17-19-10-12-20(13-11-19)31-8-3)25-26-23-21(30-5)14-9-18(4)24(23)32-25;/h9-14H,6-8,15-17H2,1-5H3;1H. The van der Waals surface area contributed by atoms with E-state index in [-0.39, 0.29) is 18.3 Å². The van der Waals surface area contributed by atoms with Crippen LogP contribution in [-0.4, -0.2) is 55.7 Å². The number of methoxy groups -OCH3 is 1. The number of fused-ring (bicyclic) bond motifs is 1. The first kappa shape index (κ1) is 26.9. The maximum atomic E-state index is 13.4. The number of benzene rings is 2. The van der Waals surface area contributed by atoms with E-state index in [2.05, 4.69) is 25.7 Å². The Bertz CT molecular complexity index is 1040. The van der Waals surface area contributed by atoms with Crippen LogP contribution in [0.25, 0.3) is 10.2 Å². The van der Waals surface area contributed by atoms with E-state index in [0.29, 0.717) is 19.6 Å². The second kappa shape index (κ2) is 12.8. The summed E-state index contributed by atoms with van der Waals surface area (Å²) in [5.41, 5.74) is 2.91. The maximum Gasteiger partial charge on any atom is 0.233 e. The van der Waals surface area contributed by atoms with Crippen LogP contribution in [0.5, 0.6) is 11.5 Å². The fourth-order valence-corrected chi connectivity index (χ4v) is 4.72. The van der Waals surface area contributed by atoms with Crippen molar-refractivity contribution >= 4 is 45.0 Å². The summed E-state index contributed by atoms with van der Waals surface area (Å²) in [7, 11) is 1.65. The highest BCUT2D eigenvalue weighted by molar-refractivity contribution is 7.22. The van der Waals surface area contributed by atoms with Crippen molar-refractivity contribution in [2.75, 3.05) is 44.8 Å². The summed E-state index contributed by atoms with van der Waals surface area (Å²) < 4.78 is 12.1. The van der Waals surface area contributed by atoms with E-state index in [1.54, 1.807) is 18.4 Å². The average molecular weight is 492 g/mol. The molecule has 8 heteroatoms. The highest BCUT2D eigenvalue weighted by Gasteiger charge is 2.22. The minimum Gasteiger partial charge on any atom is -0.494 e. The molecule has 3 rings (SSSR count). The summed E-state index contributed by atoms with van der Waals surface area (Å²) in [6.45, 7) is 12.2. The van der Waals surface area contributed by atoms with Gasteiger partial charge in [0, 0.05) is 13.1 Å². The Balaban J connectivity index is 0.00000385. The average Bonchev–Trinajstić information content (AvgIpc) is 3.24. The predicted molar refractivity (Wildman–Crippen MR) is 140 cm³/mol. The van der Waals surface area contributed by atoms with Crippen molar-refractivity contribution in [3.8, 4) is 11.5 Å². The largest absolute Gasteiger partial charge is 0.494 e. The fraction of sp³-hybridized carbons (Fsp3) is 0.440. The van der Waals surface area contributed by atoms with Gasteiger partial charge in [0.25, 0.3) is 0 Å². The highest BCUT2D eigenvalue weighted by Crippen LogP contribution is 2.36. The third-order valence-electron chi connectivity index (χ3n) is 5.57. The number of amides is 1. The van der Waals surface area contributed by atoms with Crippen molar-refractivity contribution < 1.29 is 14.3 Å². The molecule has 0 saturated carbocycles. The smallest absolute Gasteiger partial charge is 0.233 e. The molecule has 0 saturated heterocycles. The minimum absolute atomic E-state index is 0. The third kappa shape index (κ3) is 6.59. The van der Waals surface area contributed by atoms with E-state index in [1.807, 2.05) is 48.2 Å². The van der Waals surface area contributed by atoms with Crippen LogP contribution in [0.4, 0.5) is 5.13 Å². The summed E-state index contributed by atoms with van der Waals surface area (Å²) >= 11 is 1.55. The summed E-state index contributed by atoms with van der Waals surface area (Å²) in [5.74, 6) is 1.59. The first-order valence-corrected chi connectivity index (χ1v) is 12.0. The van der Waals surface area contributed by atoms with E-state index in [9.17, 15) is 4.79 Å². The highest BCUT2D eigenvalue weighted by atomic mass is 35.5. The Morgan fingerprint density at radius 3 is 2.33 bits per heavy atom. The normalized spacial score (nSPS) is 10.8. The van der Waals surface area contributed by atoms with Crippen molar-refractivity contribution in [3.05, 3.63) is 47.5 Å². The van der Waals surface area contributed by atoms with Crippen molar-refractivity contribution in [3.63, 3.8) is 0 Å². The summed E-state index contributed by atoms with van der Waals surface area (Å²) in [6, 6.07) is 11.7. The lowest BCUT2D eigenvalue weighted by Gasteiger charge is -2.24. The zero-order valence-electron chi connectivity index (χ0n) is 20.1. The molecular weight excluding hydrogens is 458 g/mol. The molecule has 6 nitrogen and oxygen atoms in total. The van der Waals surface area contributed by atoms with Gasteiger partial charge in [-0.3, -0.25) is 9.69 Å². The van der Waals surface area contributed by atoms with Crippen LogP contribution in [0.3, 0.4) is 0 Å². The van der Waals surface area contributed by atoms with E-state index in [1.165, 1.54) is 0 Å². The fourth-order valence-electron chi connectivity index (χ4n) is 3.63. The number of nitrogens with zero attached hydrogens (tertiary/aromatic N) is 3. The van der Waals surface area contributed by atoms with Gasteiger partial charge in [-0.1, -0.05) is 43.4 Å². The first-order valence-electron chi connectivity index (χ1n) is 11.2. The Morgan fingerprint density at radius 1 is 1.03 bits per heavy atom. The molecule has 0 N–H and O–H groups in total. The molecule has 0 unspecified atom stereocenters. The van der Waals surface area contributed by atoms with Crippen LogP contribution in [0.15, 0.2) is 36.4 Å². The van der Waals surface area contributed by atoms with Crippen LogP contribution in [0, 0.1) is 6.92 Å². The van der Waals surface area contributed by atoms with Crippen LogP contribution in [-0.2, 0) is 11.2 Å². The molecule has 1 heterocycles. The van der Waals surface area contributed by atoms with Gasteiger partial charge >= 0.3 is 0 Å². The Hall–Kier alpha value is -2.35. The van der Waals surface area contributed by atoms with E-state index < -0.39 is 0 Å². The van der Waals surface area contributed by atoms with E-state index in [0.717, 1.165) is 57.6 Å². The van der Waals surface area contributed by atoms with Gasteiger partial charge in [0.15, 0.2) is 5.13 Å². The second-order valence-electron chi connectivity index (χ2n) is 7.58. The molecule has 0 spiro atoms. The van der Waals surface area contributed by atoms with Gasteiger partial charge in [0.05, 0.1) is 24.8 Å². The number of thiazole rings is 1. The van der Waals surface area contributed by atoms with E-state index in [4.69, 9.17) is 14.5 Å². The minimum atomic E-state index is 0. The molecule has 1 aromatic heterocycles. The van der Waals surface area contributed by atoms with Crippen LogP contribution >= 0.6 is 23.7 Å². The molecule has 2 aromatic carbocycles. The van der Waals surface area contributed by atoms with Crippen LogP contribution < -0.4 is 14.4 Å². The molecule has 1 amide bonds. The van der Waals surface area contributed by atoms with Crippen molar-refractivity contribution in [1.82, 2.24) is 9.88 Å². The summed E-state index contributed by atoms with van der Waals surface area (Å²) in [4.78, 5) is 22.4. The molecule has 0 fully saturated rings. The van der Waals surface area contributed by atoms with Gasteiger partial charge in [-0.05, 0) is 56.3 Å². The number of carbonyl (C=O) groups excluding carboxylic acids is 1. The van der Waals surface area contributed by atoms with Gasteiger partial charge < -0.3 is 14.4 Å². The number of anilines is 1. The zero-order valence-corrected chi connectivity index (χ0v) is 21.7. The first-order chi connectivity index (χ1) is 15.5. The van der Waals surface area contributed by atoms with Gasteiger partial charge in [-0.15, -0.1) is 12.4 Å². The number of halogens is 1. The molecule has 33 heavy (non-hydrogen) atoms. The topological polar surface area (TPSA) is 54.9 Å². The van der Waals surface area contributed by atoms with Crippen LogP contribution in [0.1, 0.15) is 31.9 Å². The van der Waals surface area contributed by atoms with Crippen molar-refractivity contribution in [2.24, 2.45) is 0 Å². The Kier molecular flexibility index (Phi) is 10.4. The molecule has 0 atom stereocenters. The molecule has 3 aromatic rings. The monoisotopic (exact) mass is 491 g/mol. The molecule has 0 radical (unpaired) electrons. The predicted octanol–water partition coefficient (Wildman–Crippen LogP) is 5.35. The third-order valence-corrected chi connectivity index (χ3v) is 6.78. The summed E-state index contributed by atoms with van der Waals surface area (Å²) in [5, 5.41) is 0.718. The quantitative estimate of drug-likeness (QED) is 0.362. The van der Waals surface area contributed by atoms with Gasteiger partial charge in [-0.2, -0.15) is 0 Å². The van der Waals surface area contributed by atoms with Gasteiger partial charge in [0.1, 0.15) is 17.0 Å². The Labute approximate surface area is 206 Å². The number of carbonyl (C=O) groups is 1. The SMILES string of the molecule is CCOc1ccc(CC(=O)N(CCN(CC)CC)c2nc3c(OC)ccc(C)c3s2)cc1.Cl. The Morgan fingerprint density at radius 2 is 1.73 bits per heavy atom. The molecule has 180 valence electrons. The molecule has 0 aliphatic heterocycles. The molecule has 0 aliphatic rings. The molecular formula is C25H34ClN3O3S. The lowest BCUT2D eigenvalue weighted by molar-refractivity contribution is -0.118. The number of likely N-dealkylation sites (N-methyl/N-ethyl adjacent to an activating group) is 1. The lowest BCUT2D eigenvalue weighted by Crippen LogP contribution is -2.39. The van der Waals surface area contributed by atoms with E-state index >= 15 is 0 Å².